The van der Waals surface area contributed by atoms with Crippen LogP contribution < -0.4 is 4.74 Å². The summed E-state index contributed by atoms with van der Waals surface area (Å²) in [7, 11) is 0. The number of halogens is 1. The highest BCUT2D eigenvalue weighted by atomic mass is 35.5. The third-order valence-corrected chi connectivity index (χ3v) is 8.66. The number of allylic oxidation sites excluding steroid dienone is 3. The Morgan fingerprint density at radius 2 is 2.10 bits per heavy atom. The molecule has 0 spiro atoms. The number of pyridine rings is 1. The predicted molar refractivity (Wildman–Crippen MR) is 157 cm³/mol. The van der Waals surface area contributed by atoms with Crippen LogP contribution in [0.5, 0.6) is 5.75 Å². The number of aliphatic carboxylic acids is 1. The van der Waals surface area contributed by atoms with Crippen LogP contribution in [-0.2, 0) is 17.9 Å². The third-order valence-electron chi connectivity index (χ3n) is 8.37. The van der Waals surface area contributed by atoms with Gasteiger partial charge in [-0.05, 0) is 70.2 Å². The summed E-state index contributed by atoms with van der Waals surface area (Å²) < 4.78 is 8.12. The highest BCUT2D eigenvalue weighted by molar-refractivity contribution is 6.35. The van der Waals surface area contributed by atoms with Crippen LogP contribution in [0.4, 0.5) is 0 Å². The molecule has 3 aromatic rings. The van der Waals surface area contributed by atoms with E-state index in [-0.39, 0.29) is 17.4 Å². The number of aryl methyl sites for hydroxylation is 2. The normalized spacial score (nSPS) is 20.6. The van der Waals surface area contributed by atoms with E-state index in [1.165, 1.54) is 11.1 Å². The van der Waals surface area contributed by atoms with Crippen molar-refractivity contribution < 1.29 is 14.6 Å². The van der Waals surface area contributed by atoms with Gasteiger partial charge >= 0.3 is 5.97 Å². The lowest BCUT2D eigenvalue weighted by atomic mass is 9.71. The Morgan fingerprint density at radius 3 is 2.83 bits per heavy atom. The van der Waals surface area contributed by atoms with E-state index in [2.05, 4.69) is 53.1 Å². The van der Waals surface area contributed by atoms with Crippen molar-refractivity contribution >= 4 is 28.6 Å². The first-order valence-electron chi connectivity index (χ1n) is 13.9. The van der Waals surface area contributed by atoms with Gasteiger partial charge in [0, 0.05) is 50.1 Å². The minimum atomic E-state index is -0.824. The maximum absolute atomic E-state index is 12.4. The molecular weight excluding hydrogens is 526 g/mol. The molecule has 40 heavy (non-hydrogen) atoms. The van der Waals surface area contributed by atoms with Crippen LogP contribution in [0.15, 0.2) is 47.8 Å². The summed E-state index contributed by atoms with van der Waals surface area (Å²) in [4.78, 5) is 19.2. The van der Waals surface area contributed by atoms with Crippen LogP contribution >= 0.6 is 11.6 Å². The Bertz CT molecular complexity index is 1510. The van der Waals surface area contributed by atoms with E-state index in [0.29, 0.717) is 11.6 Å². The maximum atomic E-state index is 12.4. The SMILES string of the molecule is CCn1nnc2c(C)c([C@H](C3C=CC(C)=C(CN4Cc5cnccc5OC(C)(C)C4)C3)[C@@H](C)C(=O)O)cc(Cl)c21. The van der Waals surface area contributed by atoms with E-state index < -0.39 is 11.9 Å². The molecule has 2 aliphatic rings. The van der Waals surface area contributed by atoms with Gasteiger partial charge in [-0.3, -0.25) is 14.7 Å². The van der Waals surface area contributed by atoms with Crippen LogP contribution in [0.3, 0.4) is 0 Å². The van der Waals surface area contributed by atoms with Crippen molar-refractivity contribution in [3.63, 3.8) is 0 Å². The van der Waals surface area contributed by atoms with Crippen molar-refractivity contribution in [3.8, 4) is 5.75 Å². The summed E-state index contributed by atoms with van der Waals surface area (Å²) in [6.07, 6.45) is 8.75. The second kappa shape index (κ2) is 11.0. The summed E-state index contributed by atoms with van der Waals surface area (Å²) in [5.41, 5.74) is 6.64. The molecule has 5 rings (SSSR count). The molecule has 1 aliphatic heterocycles. The molecule has 0 fully saturated rings. The minimum absolute atomic E-state index is 0.0107. The lowest BCUT2D eigenvalue weighted by Gasteiger charge is -2.35. The Labute approximate surface area is 240 Å². The first-order chi connectivity index (χ1) is 19.0. The van der Waals surface area contributed by atoms with Crippen molar-refractivity contribution in [1.29, 1.82) is 0 Å². The van der Waals surface area contributed by atoms with Gasteiger partial charge < -0.3 is 9.84 Å². The Balaban J connectivity index is 1.48. The molecule has 1 aromatic carbocycles. The largest absolute Gasteiger partial charge is 0.486 e. The zero-order chi connectivity index (χ0) is 28.8. The summed E-state index contributed by atoms with van der Waals surface area (Å²) in [6.45, 7) is 15.1. The molecule has 1 aliphatic carbocycles. The van der Waals surface area contributed by atoms with Crippen LogP contribution in [0.1, 0.15) is 63.6 Å². The zero-order valence-corrected chi connectivity index (χ0v) is 24.9. The van der Waals surface area contributed by atoms with E-state index >= 15 is 0 Å². The van der Waals surface area contributed by atoms with Crippen molar-refractivity contribution in [3.05, 3.63) is 69.5 Å². The van der Waals surface area contributed by atoms with Gasteiger partial charge in [0.25, 0.3) is 0 Å². The summed E-state index contributed by atoms with van der Waals surface area (Å²) in [5, 5.41) is 19.4. The number of aromatic nitrogens is 4. The molecule has 0 amide bonds. The van der Waals surface area contributed by atoms with Gasteiger partial charge in [0.1, 0.15) is 22.4 Å². The number of benzene rings is 1. The molecule has 3 heterocycles. The van der Waals surface area contributed by atoms with Crippen molar-refractivity contribution in [2.75, 3.05) is 13.1 Å². The molecule has 8 nitrogen and oxygen atoms in total. The molecule has 0 saturated heterocycles. The minimum Gasteiger partial charge on any atom is -0.486 e. The number of carbonyl (C=O) groups is 1. The Kier molecular flexibility index (Phi) is 7.77. The van der Waals surface area contributed by atoms with Gasteiger partial charge in [-0.15, -0.1) is 5.10 Å². The number of rotatable bonds is 7. The Hall–Kier alpha value is -3.23. The fourth-order valence-corrected chi connectivity index (χ4v) is 6.66. The number of ether oxygens (including phenoxy) is 1. The van der Waals surface area contributed by atoms with Crippen LogP contribution in [-0.4, -0.2) is 54.6 Å². The summed E-state index contributed by atoms with van der Waals surface area (Å²) in [5.74, 6) is -0.851. The topological polar surface area (TPSA) is 93.4 Å². The quantitative estimate of drug-likeness (QED) is 0.367. The molecule has 2 aromatic heterocycles. The van der Waals surface area contributed by atoms with Crippen molar-refractivity contribution in [2.45, 2.75) is 72.6 Å². The first-order valence-corrected chi connectivity index (χ1v) is 14.3. The molecule has 1 N–H and O–H groups in total. The monoisotopic (exact) mass is 563 g/mol. The van der Waals surface area contributed by atoms with Gasteiger partial charge in [0.2, 0.25) is 0 Å². The van der Waals surface area contributed by atoms with E-state index in [0.717, 1.165) is 59.5 Å². The number of nitrogens with zero attached hydrogens (tertiary/aromatic N) is 5. The predicted octanol–water partition coefficient (Wildman–Crippen LogP) is 6.18. The maximum Gasteiger partial charge on any atom is 0.306 e. The van der Waals surface area contributed by atoms with Gasteiger partial charge in [-0.25, -0.2) is 4.68 Å². The average Bonchev–Trinajstić information content (AvgIpc) is 3.29. The fourth-order valence-electron chi connectivity index (χ4n) is 6.36. The second-order valence-corrected chi connectivity index (χ2v) is 12.2. The van der Waals surface area contributed by atoms with Crippen molar-refractivity contribution in [2.24, 2.45) is 11.8 Å². The van der Waals surface area contributed by atoms with Crippen LogP contribution in [0.2, 0.25) is 5.02 Å². The number of hydrogen-bond acceptors (Lipinski definition) is 6. The van der Waals surface area contributed by atoms with E-state index in [1.54, 1.807) is 17.8 Å². The standard InChI is InChI=1S/C31H38ClN5O3/c1-7-37-29-25(32)13-24(19(3)28(29)34-35-37)27(20(4)30(38)39)21-9-8-18(2)22(12-21)15-36-16-23-14-33-11-10-26(23)40-31(5,6)17-36/h8-11,13-14,20-21,27H,7,12,15-17H2,1-6H3,(H,38,39)/t20-,21?,27+/m1/s1. The van der Waals surface area contributed by atoms with E-state index in [1.807, 2.05) is 32.2 Å². The molecular formula is C31H38ClN5O3. The molecule has 0 bridgehead atoms. The average molecular weight is 564 g/mol. The number of carboxylic acids is 1. The van der Waals surface area contributed by atoms with Gasteiger partial charge in [0.05, 0.1) is 10.9 Å². The van der Waals surface area contributed by atoms with Gasteiger partial charge in [0.15, 0.2) is 0 Å². The Morgan fingerprint density at radius 1 is 1.32 bits per heavy atom. The van der Waals surface area contributed by atoms with Crippen molar-refractivity contribution in [1.82, 2.24) is 24.9 Å². The summed E-state index contributed by atoms with van der Waals surface area (Å²) in [6, 6.07) is 3.88. The highest BCUT2D eigenvalue weighted by Gasteiger charge is 2.36. The van der Waals surface area contributed by atoms with E-state index in [4.69, 9.17) is 16.3 Å². The van der Waals surface area contributed by atoms with Crippen LogP contribution in [0, 0.1) is 18.8 Å². The third kappa shape index (κ3) is 5.39. The fraction of sp³-hybridized carbons (Fsp3) is 0.484. The number of fused-ring (bicyclic) bond motifs is 2. The number of hydrogen-bond donors (Lipinski definition) is 1. The smallest absolute Gasteiger partial charge is 0.306 e. The zero-order valence-electron chi connectivity index (χ0n) is 24.1. The molecule has 3 atom stereocenters. The van der Waals surface area contributed by atoms with Gasteiger partial charge in [-0.2, -0.15) is 0 Å². The lowest BCUT2D eigenvalue weighted by Crippen LogP contribution is -2.41. The molecule has 212 valence electrons. The van der Waals surface area contributed by atoms with E-state index in [9.17, 15) is 9.90 Å². The number of carboxylic acid groups (broad SMARTS) is 1. The molecule has 0 radical (unpaired) electrons. The van der Waals surface area contributed by atoms with Gasteiger partial charge in [-0.1, -0.05) is 47.0 Å². The molecule has 9 heteroatoms. The second-order valence-electron chi connectivity index (χ2n) is 11.8. The molecule has 0 saturated carbocycles. The first kappa shape index (κ1) is 28.3. The lowest BCUT2D eigenvalue weighted by molar-refractivity contribution is -0.142. The molecule has 1 unspecified atom stereocenters. The summed E-state index contributed by atoms with van der Waals surface area (Å²) >= 11 is 6.79. The highest BCUT2D eigenvalue weighted by Crippen LogP contribution is 2.44. The van der Waals surface area contributed by atoms with Crippen LogP contribution in [0.25, 0.3) is 11.0 Å².